The van der Waals surface area contributed by atoms with Crippen LogP contribution < -0.4 is 0 Å². The predicted molar refractivity (Wildman–Crippen MR) is 107 cm³/mol. The Hall–Kier alpha value is -3.48. The largest absolute Gasteiger partial charge is 0.480 e. The number of fused-ring (bicyclic) bond motifs is 1. The average Bonchev–Trinajstić information content (AvgIpc) is 3.07. The quantitative estimate of drug-likeness (QED) is 0.739. The first-order chi connectivity index (χ1) is 13.9. The topological polar surface area (TPSA) is 88.3 Å². The molecule has 1 unspecified atom stereocenters. The van der Waals surface area contributed by atoms with Crippen LogP contribution >= 0.6 is 0 Å². The third-order valence-electron chi connectivity index (χ3n) is 5.44. The van der Waals surface area contributed by atoms with Gasteiger partial charge < -0.3 is 10.0 Å². The Balaban J connectivity index is 1.57. The molecule has 7 heteroatoms. The summed E-state index contributed by atoms with van der Waals surface area (Å²) in [7, 11) is 0. The molecule has 1 amide bonds. The Bertz CT molecular complexity index is 1070. The second-order valence-corrected chi connectivity index (χ2v) is 7.39. The van der Waals surface area contributed by atoms with Crippen LogP contribution in [0.3, 0.4) is 0 Å². The molecule has 1 aromatic heterocycles. The van der Waals surface area contributed by atoms with Crippen molar-refractivity contribution >= 4 is 11.9 Å². The van der Waals surface area contributed by atoms with E-state index in [2.05, 4.69) is 10.3 Å². The summed E-state index contributed by atoms with van der Waals surface area (Å²) in [6.45, 7) is 4.16. The van der Waals surface area contributed by atoms with Crippen LogP contribution in [0.25, 0.3) is 5.69 Å². The van der Waals surface area contributed by atoms with E-state index >= 15 is 0 Å². The maximum atomic E-state index is 13.0. The fourth-order valence-corrected chi connectivity index (χ4v) is 3.71. The number of benzene rings is 2. The molecule has 0 aliphatic carbocycles. The van der Waals surface area contributed by atoms with Gasteiger partial charge in [0.1, 0.15) is 6.04 Å². The maximum Gasteiger partial charge on any atom is 0.326 e. The number of nitrogens with zero attached hydrogens (tertiary/aromatic N) is 4. The van der Waals surface area contributed by atoms with Crippen LogP contribution in [-0.2, 0) is 29.0 Å². The van der Waals surface area contributed by atoms with Crippen molar-refractivity contribution in [1.29, 1.82) is 0 Å². The summed E-state index contributed by atoms with van der Waals surface area (Å²) in [6.07, 6.45) is 0.329. The van der Waals surface area contributed by atoms with Crippen molar-refractivity contribution in [1.82, 2.24) is 19.9 Å². The number of carboxylic acids is 1. The summed E-state index contributed by atoms with van der Waals surface area (Å²) in [4.78, 5) is 26.2. The molecule has 1 aliphatic heterocycles. The third kappa shape index (κ3) is 3.63. The smallest absolute Gasteiger partial charge is 0.326 e. The van der Waals surface area contributed by atoms with Gasteiger partial charge in [-0.3, -0.25) is 4.79 Å². The van der Waals surface area contributed by atoms with Gasteiger partial charge in [0.15, 0.2) is 0 Å². The minimum atomic E-state index is -0.993. The molecule has 1 N–H and O–H groups in total. The van der Waals surface area contributed by atoms with Gasteiger partial charge in [-0.25, -0.2) is 9.48 Å². The molecule has 0 radical (unpaired) electrons. The number of aryl methyl sites for hydroxylation is 1. The van der Waals surface area contributed by atoms with Crippen LogP contribution in [0.15, 0.2) is 48.5 Å². The molecule has 0 spiro atoms. The lowest BCUT2D eigenvalue weighted by atomic mass is 9.93. The number of carboxylic acid groups (broad SMARTS) is 1. The zero-order valence-corrected chi connectivity index (χ0v) is 16.4. The number of hydrogen-bond donors (Lipinski definition) is 1. The molecule has 0 saturated carbocycles. The zero-order chi connectivity index (χ0) is 20.5. The third-order valence-corrected chi connectivity index (χ3v) is 5.44. The van der Waals surface area contributed by atoms with Crippen LogP contribution in [-0.4, -0.2) is 42.9 Å². The van der Waals surface area contributed by atoms with Gasteiger partial charge in [0.05, 0.1) is 23.5 Å². The molecule has 0 bridgehead atoms. The van der Waals surface area contributed by atoms with E-state index in [-0.39, 0.29) is 18.9 Å². The Labute approximate surface area is 168 Å². The summed E-state index contributed by atoms with van der Waals surface area (Å²) in [5.41, 5.74) is 5.30. The fraction of sp³-hybridized carbons (Fsp3) is 0.273. The average molecular weight is 390 g/mol. The van der Waals surface area contributed by atoms with Crippen molar-refractivity contribution in [3.05, 3.63) is 76.6 Å². The van der Waals surface area contributed by atoms with Gasteiger partial charge >= 0.3 is 5.97 Å². The van der Waals surface area contributed by atoms with Crippen molar-refractivity contribution in [2.45, 2.75) is 39.3 Å². The summed E-state index contributed by atoms with van der Waals surface area (Å²) in [6, 6.07) is 14.7. The number of carbonyl (C=O) groups excluding carboxylic acids is 1. The number of amides is 1. The zero-order valence-electron chi connectivity index (χ0n) is 16.4. The highest BCUT2D eigenvalue weighted by atomic mass is 16.4. The second kappa shape index (κ2) is 7.50. The van der Waals surface area contributed by atoms with Gasteiger partial charge in [-0.15, -0.1) is 5.10 Å². The summed E-state index contributed by atoms with van der Waals surface area (Å²) in [5, 5.41) is 18.0. The molecule has 4 rings (SSSR count). The summed E-state index contributed by atoms with van der Waals surface area (Å²) < 4.78 is 1.70. The lowest BCUT2D eigenvalue weighted by molar-refractivity contribution is -0.151. The van der Waals surface area contributed by atoms with E-state index in [1.807, 2.05) is 62.4 Å². The van der Waals surface area contributed by atoms with Crippen molar-refractivity contribution < 1.29 is 14.7 Å². The van der Waals surface area contributed by atoms with Crippen molar-refractivity contribution in [3.63, 3.8) is 0 Å². The van der Waals surface area contributed by atoms with E-state index in [4.69, 9.17) is 0 Å². The highest BCUT2D eigenvalue weighted by Gasteiger charge is 2.34. The lowest BCUT2D eigenvalue weighted by Crippen LogP contribution is -2.49. The molecule has 7 nitrogen and oxygen atoms in total. The Kier molecular flexibility index (Phi) is 4.88. The predicted octanol–water partition coefficient (Wildman–Crippen LogP) is 2.46. The van der Waals surface area contributed by atoms with Crippen molar-refractivity contribution in [2.75, 3.05) is 0 Å². The highest BCUT2D eigenvalue weighted by molar-refractivity contribution is 5.85. The molecular weight excluding hydrogens is 368 g/mol. The van der Waals surface area contributed by atoms with Crippen LogP contribution in [0.1, 0.15) is 28.1 Å². The number of carbonyl (C=O) groups is 2. The molecule has 29 heavy (non-hydrogen) atoms. The van der Waals surface area contributed by atoms with E-state index in [1.54, 1.807) is 4.68 Å². The van der Waals surface area contributed by atoms with E-state index in [9.17, 15) is 14.7 Å². The molecular formula is C22H22N4O3. The first kappa shape index (κ1) is 18.9. The maximum absolute atomic E-state index is 13.0. The molecule has 1 aliphatic rings. The van der Waals surface area contributed by atoms with Gasteiger partial charge in [0, 0.05) is 13.0 Å². The second-order valence-electron chi connectivity index (χ2n) is 7.39. The molecule has 2 heterocycles. The molecule has 0 saturated heterocycles. The van der Waals surface area contributed by atoms with Gasteiger partial charge in [0.2, 0.25) is 5.91 Å². The van der Waals surface area contributed by atoms with Crippen molar-refractivity contribution in [3.8, 4) is 5.69 Å². The molecule has 2 aromatic carbocycles. The minimum Gasteiger partial charge on any atom is -0.480 e. The van der Waals surface area contributed by atoms with Crippen LogP contribution in [0.4, 0.5) is 0 Å². The SMILES string of the molecule is Cc1ccc(-n2nnc(CC(=O)N3Cc4ccccc4CC3C(=O)O)c2C)cc1. The van der Waals surface area contributed by atoms with E-state index in [1.165, 1.54) is 4.90 Å². The van der Waals surface area contributed by atoms with Crippen LogP contribution in [0, 0.1) is 13.8 Å². The van der Waals surface area contributed by atoms with Gasteiger partial charge in [-0.05, 0) is 37.1 Å². The monoisotopic (exact) mass is 390 g/mol. The number of aliphatic carboxylic acids is 1. The van der Waals surface area contributed by atoms with Crippen LogP contribution in [0.5, 0.6) is 0 Å². The molecule has 3 aromatic rings. The normalized spacial score (nSPS) is 15.8. The molecule has 148 valence electrons. The highest BCUT2D eigenvalue weighted by Crippen LogP contribution is 2.24. The van der Waals surface area contributed by atoms with Gasteiger partial charge in [-0.2, -0.15) is 0 Å². The van der Waals surface area contributed by atoms with Gasteiger partial charge in [0.25, 0.3) is 0 Å². The summed E-state index contributed by atoms with van der Waals surface area (Å²) >= 11 is 0. The first-order valence-electron chi connectivity index (χ1n) is 9.51. The lowest BCUT2D eigenvalue weighted by Gasteiger charge is -2.34. The van der Waals surface area contributed by atoms with E-state index in [0.717, 1.165) is 28.1 Å². The molecule has 1 atom stereocenters. The fourth-order valence-electron chi connectivity index (χ4n) is 3.71. The number of rotatable bonds is 4. The number of hydrogen-bond acceptors (Lipinski definition) is 4. The van der Waals surface area contributed by atoms with Crippen LogP contribution in [0.2, 0.25) is 0 Å². The number of aromatic nitrogens is 3. The molecule has 0 fully saturated rings. The van der Waals surface area contributed by atoms with Crippen molar-refractivity contribution in [2.24, 2.45) is 0 Å². The standard InChI is InChI=1S/C22H22N4O3/c1-14-7-9-18(10-8-14)26-15(2)19(23-24-26)12-21(27)25-13-17-6-4-3-5-16(17)11-20(25)22(28)29/h3-10,20H,11-13H2,1-2H3,(H,28,29). The van der Waals surface area contributed by atoms with E-state index < -0.39 is 12.0 Å². The Morgan fingerprint density at radius 2 is 1.76 bits per heavy atom. The van der Waals surface area contributed by atoms with Gasteiger partial charge in [-0.1, -0.05) is 47.2 Å². The Morgan fingerprint density at radius 3 is 2.45 bits per heavy atom. The minimum absolute atomic E-state index is 0.0175. The first-order valence-corrected chi connectivity index (χ1v) is 9.51. The van der Waals surface area contributed by atoms with E-state index in [0.29, 0.717) is 12.1 Å². The summed E-state index contributed by atoms with van der Waals surface area (Å²) in [5.74, 6) is -1.25. The Morgan fingerprint density at radius 1 is 1.07 bits per heavy atom.